The number of rotatable bonds is 5. The molecule has 0 saturated heterocycles. The summed E-state index contributed by atoms with van der Waals surface area (Å²) in [5.74, 6) is -0.737. The van der Waals surface area contributed by atoms with Crippen LogP contribution in [0.2, 0.25) is 0 Å². The van der Waals surface area contributed by atoms with Crippen LogP contribution in [0.15, 0.2) is 0 Å². The lowest BCUT2D eigenvalue weighted by atomic mass is 10.3. The van der Waals surface area contributed by atoms with Crippen molar-refractivity contribution in [1.82, 2.24) is 5.32 Å². The number of nitrogens with two attached hydrogens (primary N) is 2. The van der Waals surface area contributed by atoms with Crippen molar-refractivity contribution < 1.29 is 18.0 Å². The molecular formula is C6H12F3N3O. The molecule has 78 valence electrons. The molecule has 4 nitrogen and oxygen atoms in total. The van der Waals surface area contributed by atoms with Crippen LogP contribution in [0.4, 0.5) is 13.2 Å². The van der Waals surface area contributed by atoms with Crippen LogP contribution in [-0.2, 0) is 4.79 Å². The Morgan fingerprint density at radius 1 is 1.46 bits per heavy atom. The van der Waals surface area contributed by atoms with E-state index in [0.717, 1.165) is 0 Å². The van der Waals surface area contributed by atoms with Gasteiger partial charge in [0.2, 0.25) is 5.91 Å². The number of hydrogen-bond donors (Lipinski definition) is 3. The highest BCUT2D eigenvalue weighted by Gasteiger charge is 2.26. The van der Waals surface area contributed by atoms with Gasteiger partial charge in [-0.05, 0) is 0 Å². The van der Waals surface area contributed by atoms with E-state index in [2.05, 4.69) is 5.32 Å². The van der Waals surface area contributed by atoms with Crippen LogP contribution in [0.1, 0.15) is 6.42 Å². The topological polar surface area (TPSA) is 81.1 Å². The zero-order chi connectivity index (χ0) is 10.5. The van der Waals surface area contributed by atoms with Crippen LogP contribution >= 0.6 is 0 Å². The molecule has 7 heteroatoms. The summed E-state index contributed by atoms with van der Waals surface area (Å²) in [5.41, 5.74) is 9.93. The summed E-state index contributed by atoms with van der Waals surface area (Å²) in [6.07, 6.45) is -5.14. The van der Waals surface area contributed by atoms with Crippen LogP contribution in [0.5, 0.6) is 0 Å². The number of halogens is 3. The predicted octanol–water partition coefficient (Wildman–Crippen LogP) is -0.659. The molecule has 0 rings (SSSR count). The Labute approximate surface area is 73.5 Å². The highest BCUT2D eigenvalue weighted by atomic mass is 19.4. The second-order valence-electron chi connectivity index (χ2n) is 2.58. The quantitative estimate of drug-likeness (QED) is 0.514. The smallest absolute Gasteiger partial charge is 0.368 e. The third kappa shape index (κ3) is 7.54. The van der Waals surface area contributed by atoms with Crippen LogP contribution < -0.4 is 16.8 Å². The fraction of sp³-hybridized carbons (Fsp3) is 0.833. The van der Waals surface area contributed by atoms with E-state index in [1.807, 2.05) is 0 Å². The van der Waals surface area contributed by atoms with E-state index in [1.54, 1.807) is 0 Å². The second kappa shape index (κ2) is 5.03. The molecule has 1 amide bonds. The zero-order valence-corrected chi connectivity index (χ0v) is 6.90. The Hall–Kier alpha value is -0.820. The van der Waals surface area contributed by atoms with Crippen LogP contribution in [-0.4, -0.2) is 31.2 Å². The Morgan fingerprint density at radius 3 is 2.38 bits per heavy atom. The van der Waals surface area contributed by atoms with Gasteiger partial charge in [-0.25, -0.2) is 0 Å². The number of carbonyl (C=O) groups is 1. The molecule has 0 spiro atoms. The minimum Gasteiger partial charge on any atom is -0.368 e. The number of alkyl halides is 3. The second-order valence-corrected chi connectivity index (χ2v) is 2.58. The maximum atomic E-state index is 11.6. The normalized spacial score (nSPS) is 14.2. The summed E-state index contributed by atoms with van der Waals surface area (Å²) in [4.78, 5) is 10.3. The van der Waals surface area contributed by atoms with Gasteiger partial charge in [0.25, 0.3) is 0 Å². The number of nitrogens with one attached hydrogen (secondary N) is 1. The van der Waals surface area contributed by atoms with Gasteiger partial charge < -0.3 is 16.8 Å². The van der Waals surface area contributed by atoms with E-state index in [4.69, 9.17) is 11.5 Å². The Balaban J connectivity index is 3.41. The lowest BCUT2D eigenvalue weighted by Gasteiger charge is -2.10. The van der Waals surface area contributed by atoms with Crippen molar-refractivity contribution in [3.8, 4) is 0 Å². The van der Waals surface area contributed by atoms with E-state index in [-0.39, 0.29) is 13.1 Å². The fourth-order valence-electron chi connectivity index (χ4n) is 0.588. The molecule has 5 N–H and O–H groups in total. The average molecular weight is 199 g/mol. The fourth-order valence-corrected chi connectivity index (χ4v) is 0.588. The predicted molar refractivity (Wildman–Crippen MR) is 40.7 cm³/mol. The van der Waals surface area contributed by atoms with Crippen molar-refractivity contribution >= 4 is 5.91 Å². The van der Waals surface area contributed by atoms with Gasteiger partial charge in [0.1, 0.15) is 0 Å². The van der Waals surface area contributed by atoms with Gasteiger partial charge in [0.15, 0.2) is 0 Å². The first kappa shape index (κ1) is 12.2. The molecule has 0 fully saturated rings. The van der Waals surface area contributed by atoms with Crippen LogP contribution in [0.3, 0.4) is 0 Å². The number of primary amides is 1. The summed E-state index contributed by atoms with van der Waals surface area (Å²) < 4.78 is 34.7. The van der Waals surface area contributed by atoms with Crippen molar-refractivity contribution in [2.75, 3.05) is 13.1 Å². The molecule has 0 aliphatic heterocycles. The Kier molecular flexibility index (Phi) is 4.71. The van der Waals surface area contributed by atoms with E-state index in [1.165, 1.54) is 0 Å². The minimum atomic E-state index is -4.19. The largest absolute Gasteiger partial charge is 0.390 e. The standard InChI is InChI=1S/C6H12F3N3O/c7-6(8,9)1-2-12-3-4(10)5(11)13/h4,12H,1-3,10H2,(H2,11,13). The lowest BCUT2D eigenvalue weighted by Crippen LogP contribution is -2.44. The van der Waals surface area contributed by atoms with Crippen molar-refractivity contribution in [3.05, 3.63) is 0 Å². The Bertz CT molecular complexity index is 171. The summed E-state index contributed by atoms with van der Waals surface area (Å²) in [6, 6.07) is -0.937. The van der Waals surface area contributed by atoms with Crippen LogP contribution in [0, 0.1) is 0 Å². The molecule has 13 heavy (non-hydrogen) atoms. The van der Waals surface area contributed by atoms with Crippen molar-refractivity contribution in [3.63, 3.8) is 0 Å². The van der Waals surface area contributed by atoms with Crippen molar-refractivity contribution in [1.29, 1.82) is 0 Å². The number of amides is 1. The average Bonchev–Trinajstić information content (AvgIpc) is 1.95. The lowest BCUT2D eigenvalue weighted by molar-refractivity contribution is -0.133. The van der Waals surface area contributed by atoms with Gasteiger partial charge in [-0.2, -0.15) is 13.2 Å². The van der Waals surface area contributed by atoms with Gasteiger partial charge in [0.05, 0.1) is 12.5 Å². The van der Waals surface area contributed by atoms with E-state index < -0.39 is 24.5 Å². The molecule has 0 heterocycles. The van der Waals surface area contributed by atoms with Crippen molar-refractivity contribution in [2.45, 2.75) is 18.6 Å². The highest BCUT2D eigenvalue weighted by Crippen LogP contribution is 2.17. The first-order valence-corrected chi connectivity index (χ1v) is 3.65. The van der Waals surface area contributed by atoms with Gasteiger partial charge in [-0.3, -0.25) is 4.79 Å². The van der Waals surface area contributed by atoms with E-state index in [9.17, 15) is 18.0 Å². The summed E-state index contributed by atoms with van der Waals surface area (Å²) in [6.45, 7) is -0.296. The van der Waals surface area contributed by atoms with Gasteiger partial charge in [-0.1, -0.05) is 0 Å². The molecule has 1 atom stereocenters. The molecule has 0 aliphatic rings. The molecule has 0 aliphatic carbocycles. The highest BCUT2D eigenvalue weighted by molar-refractivity contribution is 5.79. The summed E-state index contributed by atoms with van der Waals surface area (Å²) in [7, 11) is 0. The summed E-state index contributed by atoms with van der Waals surface area (Å²) in [5, 5.41) is 2.38. The third-order valence-electron chi connectivity index (χ3n) is 1.31. The molecule has 0 saturated carbocycles. The Morgan fingerprint density at radius 2 is 2.00 bits per heavy atom. The first-order valence-electron chi connectivity index (χ1n) is 3.65. The molecule has 0 radical (unpaired) electrons. The molecular weight excluding hydrogens is 187 g/mol. The van der Waals surface area contributed by atoms with E-state index in [0.29, 0.717) is 0 Å². The summed E-state index contributed by atoms with van der Waals surface area (Å²) >= 11 is 0. The SMILES string of the molecule is NC(=O)C(N)CNCCC(F)(F)F. The molecule has 0 bridgehead atoms. The monoisotopic (exact) mass is 199 g/mol. The molecule has 0 aromatic carbocycles. The maximum absolute atomic E-state index is 11.6. The van der Waals surface area contributed by atoms with Gasteiger partial charge in [0, 0.05) is 13.1 Å². The zero-order valence-electron chi connectivity index (χ0n) is 6.90. The number of hydrogen-bond acceptors (Lipinski definition) is 3. The molecule has 1 unspecified atom stereocenters. The van der Waals surface area contributed by atoms with Gasteiger partial charge >= 0.3 is 6.18 Å². The van der Waals surface area contributed by atoms with Gasteiger partial charge in [-0.15, -0.1) is 0 Å². The van der Waals surface area contributed by atoms with Crippen molar-refractivity contribution in [2.24, 2.45) is 11.5 Å². The maximum Gasteiger partial charge on any atom is 0.390 e. The number of carbonyl (C=O) groups excluding carboxylic acids is 1. The first-order chi connectivity index (χ1) is 5.83. The van der Waals surface area contributed by atoms with E-state index >= 15 is 0 Å². The van der Waals surface area contributed by atoms with Crippen LogP contribution in [0.25, 0.3) is 0 Å². The molecule has 0 aromatic heterocycles. The third-order valence-corrected chi connectivity index (χ3v) is 1.31. The minimum absolute atomic E-state index is 0.0363. The molecule has 0 aromatic rings.